The molecule has 0 atom stereocenters. The molecule has 0 aliphatic carbocycles. The number of aromatic nitrogens is 1. The predicted octanol–water partition coefficient (Wildman–Crippen LogP) is 6.58. The first kappa shape index (κ1) is 16.5. The molecule has 0 fully saturated rings. The highest BCUT2D eigenvalue weighted by atomic mass is 35.5. The molecule has 124 valence electrons. The molecule has 0 unspecified atom stereocenters. The van der Waals surface area contributed by atoms with E-state index in [1.807, 2.05) is 47.8 Å². The molecule has 4 aromatic rings. The number of fused-ring (bicyclic) bond motifs is 1. The van der Waals surface area contributed by atoms with Gasteiger partial charge < -0.3 is 0 Å². The van der Waals surface area contributed by atoms with Gasteiger partial charge in [-0.3, -0.25) is 10.1 Å². The number of carbonyl (C=O) groups excluding carboxylic acids is 1. The van der Waals surface area contributed by atoms with E-state index in [-0.39, 0.29) is 5.91 Å². The van der Waals surface area contributed by atoms with Crippen molar-refractivity contribution < 1.29 is 4.79 Å². The zero-order valence-electron chi connectivity index (χ0n) is 12.6. The van der Waals surface area contributed by atoms with Gasteiger partial charge in [0, 0.05) is 21.0 Å². The van der Waals surface area contributed by atoms with Gasteiger partial charge in [0.05, 0.1) is 15.7 Å². The summed E-state index contributed by atoms with van der Waals surface area (Å²) in [6, 6.07) is 15.3. The van der Waals surface area contributed by atoms with Crippen molar-refractivity contribution in [2.24, 2.45) is 0 Å². The van der Waals surface area contributed by atoms with Crippen LogP contribution < -0.4 is 5.32 Å². The second-order valence-corrected chi connectivity index (χ2v) is 7.91. The maximum Gasteiger partial charge on any atom is 0.269 e. The molecule has 2 heterocycles. The van der Waals surface area contributed by atoms with Crippen LogP contribution in [0.25, 0.3) is 21.3 Å². The van der Waals surface area contributed by atoms with Crippen LogP contribution >= 0.6 is 45.9 Å². The summed E-state index contributed by atoms with van der Waals surface area (Å²) in [6.07, 6.45) is 0. The standard InChI is InChI=1S/C18H10Cl2N2OS2/c19-11-7-4-8-13-14(11)15(20)16(25-13)17(23)22-18-21-12(9-24-18)10-5-2-1-3-6-10/h1-9H,(H,21,22,23). The zero-order chi connectivity index (χ0) is 17.4. The number of anilines is 1. The van der Waals surface area contributed by atoms with Gasteiger partial charge in [0.15, 0.2) is 5.13 Å². The number of thiophene rings is 1. The topological polar surface area (TPSA) is 42.0 Å². The fourth-order valence-corrected chi connectivity index (χ4v) is 5.01. The largest absolute Gasteiger partial charge is 0.297 e. The van der Waals surface area contributed by atoms with E-state index in [4.69, 9.17) is 23.2 Å². The van der Waals surface area contributed by atoms with Crippen molar-refractivity contribution in [1.29, 1.82) is 0 Å². The lowest BCUT2D eigenvalue weighted by Crippen LogP contribution is -2.10. The summed E-state index contributed by atoms with van der Waals surface area (Å²) < 4.78 is 0.881. The minimum Gasteiger partial charge on any atom is -0.297 e. The molecule has 1 amide bonds. The lowest BCUT2D eigenvalue weighted by atomic mass is 10.2. The van der Waals surface area contributed by atoms with E-state index in [1.165, 1.54) is 22.7 Å². The SMILES string of the molecule is O=C(Nc1nc(-c2ccccc2)cs1)c1sc2cccc(Cl)c2c1Cl. The van der Waals surface area contributed by atoms with Crippen LogP contribution in [0.1, 0.15) is 9.67 Å². The minimum atomic E-state index is -0.281. The average Bonchev–Trinajstić information content (AvgIpc) is 3.21. The minimum absolute atomic E-state index is 0.281. The van der Waals surface area contributed by atoms with Crippen LogP contribution in [0.4, 0.5) is 5.13 Å². The quantitative estimate of drug-likeness (QED) is 0.418. The first-order valence-electron chi connectivity index (χ1n) is 7.32. The number of halogens is 2. The Morgan fingerprint density at radius 1 is 1.04 bits per heavy atom. The Hall–Kier alpha value is -1.92. The molecule has 0 saturated carbocycles. The van der Waals surface area contributed by atoms with Crippen molar-refractivity contribution in [3.8, 4) is 11.3 Å². The lowest BCUT2D eigenvalue weighted by Gasteiger charge is -2.00. The van der Waals surface area contributed by atoms with E-state index in [2.05, 4.69) is 10.3 Å². The van der Waals surface area contributed by atoms with Crippen LogP contribution in [0.3, 0.4) is 0 Å². The number of hydrogen-bond donors (Lipinski definition) is 1. The van der Waals surface area contributed by atoms with E-state index >= 15 is 0 Å². The van der Waals surface area contributed by atoms with Crippen LogP contribution in [0.5, 0.6) is 0 Å². The Bertz CT molecular complexity index is 1070. The van der Waals surface area contributed by atoms with Gasteiger partial charge >= 0.3 is 0 Å². The van der Waals surface area contributed by atoms with Gasteiger partial charge in [-0.25, -0.2) is 4.98 Å². The molecule has 0 saturated heterocycles. The lowest BCUT2D eigenvalue weighted by molar-refractivity contribution is 0.103. The maximum atomic E-state index is 12.6. The Labute approximate surface area is 161 Å². The fourth-order valence-electron chi connectivity index (χ4n) is 2.44. The molecule has 4 rings (SSSR count). The second kappa shape index (κ2) is 6.77. The number of rotatable bonds is 3. The van der Waals surface area contributed by atoms with Gasteiger partial charge in [0.1, 0.15) is 4.88 Å². The van der Waals surface area contributed by atoms with Crippen LogP contribution in [0.2, 0.25) is 10.0 Å². The third kappa shape index (κ3) is 3.16. The number of amides is 1. The fraction of sp³-hybridized carbons (Fsp3) is 0. The summed E-state index contributed by atoms with van der Waals surface area (Å²) in [7, 11) is 0. The van der Waals surface area contributed by atoms with Gasteiger partial charge in [-0.2, -0.15) is 0 Å². The summed E-state index contributed by atoms with van der Waals surface area (Å²) in [5, 5.41) is 6.89. The Kier molecular flexibility index (Phi) is 4.48. The molecule has 0 bridgehead atoms. The predicted molar refractivity (Wildman–Crippen MR) is 107 cm³/mol. The van der Waals surface area contributed by atoms with E-state index in [9.17, 15) is 4.79 Å². The van der Waals surface area contributed by atoms with E-state index in [0.29, 0.717) is 25.4 Å². The second-order valence-electron chi connectivity index (χ2n) is 5.22. The van der Waals surface area contributed by atoms with Crippen molar-refractivity contribution in [3.05, 3.63) is 68.8 Å². The molecule has 0 aliphatic heterocycles. The van der Waals surface area contributed by atoms with E-state index in [1.54, 1.807) is 6.07 Å². The van der Waals surface area contributed by atoms with E-state index < -0.39 is 0 Å². The van der Waals surface area contributed by atoms with Gasteiger partial charge in [-0.1, -0.05) is 59.6 Å². The molecule has 3 nitrogen and oxygen atoms in total. The Balaban J connectivity index is 1.62. The van der Waals surface area contributed by atoms with Crippen molar-refractivity contribution >= 4 is 67.0 Å². The summed E-state index contributed by atoms with van der Waals surface area (Å²) >= 11 is 15.3. The number of nitrogens with one attached hydrogen (secondary N) is 1. The third-order valence-corrected chi connectivity index (χ3v) is 6.32. The molecule has 0 radical (unpaired) electrons. The summed E-state index contributed by atoms with van der Waals surface area (Å²) in [4.78, 5) is 17.5. The average molecular weight is 405 g/mol. The van der Waals surface area contributed by atoms with Gasteiger partial charge in [-0.15, -0.1) is 22.7 Å². The van der Waals surface area contributed by atoms with Crippen molar-refractivity contribution in [2.45, 2.75) is 0 Å². The summed E-state index contributed by atoms with van der Waals surface area (Å²) in [5.41, 5.74) is 1.83. The monoisotopic (exact) mass is 404 g/mol. The number of nitrogens with zero attached hydrogens (tertiary/aromatic N) is 1. The summed E-state index contributed by atoms with van der Waals surface area (Å²) in [6.45, 7) is 0. The third-order valence-electron chi connectivity index (χ3n) is 3.61. The molecule has 0 spiro atoms. The highest BCUT2D eigenvalue weighted by molar-refractivity contribution is 7.22. The smallest absolute Gasteiger partial charge is 0.269 e. The molecule has 2 aromatic heterocycles. The molecule has 1 N–H and O–H groups in total. The number of hydrogen-bond acceptors (Lipinski definition) is 4. The van der Waals surface area contributed by atoms with Crippen LogP contribution in [-0.2, 0) is 0 Å². The van der Waals surface area contributed by atoms with Crippen LogP contribution in [0, 0.1) is 0 Å². The highest BCUT2D eigenvalue weighted by Crippen LogP contribution is 2.39. The first-order valence-corrected chi connectivity index (χ1v) is 9.77. The van der Waals surface area contributed by atoms with Crippen LogP contribution in [0.15, 0.2) is 53.9 Å². The molecular weight excluding hydrogens is 395 g/mol. The first-order chi connectivity index (χ1) is 12.1. The van der Waals surface area contributed by atoms with Crippen molar-refractivity contribution in [2.75, 3.05) is 5.32 Å². The van der Waals surface area contributed by atoms with Gasteiger partial charge in [0.2, 0.25) is 0 Å². The number of carbonyl (C=O) groups is 1. The zero-order valence-corrected chi connectivity index (χ0v) is 15.8. The number of benzene rings is 2. The van der Waals surface area contributed by atoms with Gasteiger partial charge in [-0.05, 0) is 12.1 Å². The van der Waals surface area contributed by atoms with E-state index in [0.717, 1.165) is 16.0 Å². The normalized spacial score (nSPS) is 11.0. The molecule has 25 heavy (non-hydrogen) atoms. The summed E-state index contributed by atoms with van der Waals surface area (Å²) in [5.74, 6) is -0.281. The Morgan fingerprint density at radius 3 is 2.60 bits per heavy atom. The maximum absolute atomic E-state index is 12.6. The number of thiazole rings is 1. The van der Waals surface area contributed by atoms with Crippen LogP contribution in [-0.4, -0.2) is 10.9 Å². The molecule has 2 aromatic carbocycles. The van der Waals surface area contributed by atoms with Gasteiger partial charge in [0.25, 0.3) is 5.91 Å². The molecule has 0 aliphatic rings. The van der Waals surface area contributed by atoms with Crippen molar-refractivity contribution in [3.63, 3.8) is 0 Å². The molecule has 7 heteroatoms. The van der Waals surface area contributed by atoms with Crippen molar-refractivity contribution in [1.82, 2.24) is 4.98 Å². The highest BCUT2D eigenvalue weighted by Gasteiger charge is 2.20. The molecular formula is C18H10Cl2N2OS2. The Morgan fingerprint density at radius 2 is 1.84 bits per heavy atom.